The van der Waals surface area contributed by atoms with Crippen LogP contribution in [-0.4, -0.2) is 39.7 Å². The zero-order valence-corrected chi connectivity index (χ0v) is 9.17. The van der Waals surface area contributed by atoms with Gasteiger partial charge in [-0.15, -0.1) is 0 Å². The van der Waals surface area contributed by atoms with E-state index < -0.39 is 6.04 Å². The van der Waals surface area contributed by atoms with E-state index in [9.17, 15) is 9.59 Å². The Labute approximate surface area is 88.7 Å². The van der Waals surface area contributed by atoms with Crippen molar-refractivity contribution in [1.29, 1.82) is 0 Å². The molecular formula is C10H15N3O2. The number of nitrogens with zero attached hydrogens (tertiary/aromatic N) is 3. The first-order chi connectivity index (χ1) is 7.04. The molecule has 82 valence electrons. The summed E-state index contributed by atoms with van der Waals surface area (Å²) in [4.78, 5) is 27.4. The number of aromatic nitrogens is 2. The molecule has 0 aromatic carbocycles. The zero-order valence-electron chi connectivity index (χ0n) is 9.17. The Kier molecular flexibility index (Phi) is 3.60. The lowest BCUT2D eigenvalue weighted by atomic mass is 10.1. The average molecular weight is 209 g/mol. The Balaban J connectivity index is 2.69. The molecule has 0 saturated carbocycles. The number of hydrogen-bond donors (Lipinski definition) is 0. The van der Waals surface area contributed by atoms with Crippen LogP contribution in [0, 0.1) is 0 Å². The fraction of sp³-hybridized carbons (Fsp3) is 0.500. The molecule has 0 aliphatic heterocycles. The number of aryl methyl sites for hydroxylation is 1. The van der Waals surface area contributed by atoms with Crippen LogP contribution in [0.4, 0.5) is 0 Å². The van der Waals surface area contributed by atoms with Crippen molar-refractivity contribution in [1.82, 2.24) is 14.5 Å². The summed E-state index contributed by atoms with van der Waals surface area (Å²) in [6.07, 6.45) is 4.74. The van der Waals surface area contributed by atoms with Gasteiger partial charge in [0, 0.05) is 33.6 Å². The van der Waals surface area contributed by atoms with Gasteiger partial charge in [-0.1, -0.05) is 0 Å². The molecule has 0 aliphatic carbocycles. The first-order valence-corrected chi connectivity index (χ1v) is 4.70. The highest BCUT2D eigenvalue weighted by Gasteiger charge is 2.17. The summed E-state index contributed by atoms with van der Waals surface area (Å²) in [7, 11) is 3.48. The number of rotatable bonds is 4. The van der Waals surface area contributed by atoms with Crippen LogP contribution in [0.3, 0.4) is 0 Å². The fourth-order valence-electron chi connectivity index (χ4n) is 1.30. The molecule has 15 heavy (non-hydrogen) atoms. The Morgan fingerprint density at radius 2 is 2.40 bits per heavy atom. The van der Waals surface area contributed by atoms with Gasteiger partial charge in [0.25, 0.3) is 0 Å². The van der Waals surface area contributed by atoms with E-state index in [2.05, 4.69) is 4.98 Å². The predicted octanol–water partition coefficient (Wildman–Crippen LogP) is 0.00840. The molecule has 5 nitrogen and oxygen atoms in total. The quantitative estimate of drug-likeness (QED) is 0.656. The smallest absolute Gasteiger partial charge is 0.219 e. The Morgan fingerprint density at radius 3 is 2.80 bits per heavy atom. The van der Waals surface area contributed by atoms with Crippen LogP contribution < -0.4 is 0 Å². The van der Waals surface area contributed by atoms with Crippen molar-refractivity contribution < 1.29 is 9.59 Å². The first-order valence-electron chi connectivity index (χ1n) is 4.70. The van der Waals surface area contributed by atoms with E-state index in [-0.39, 0.29) is 5.91 Å². The van der Waals surface area contributed by atoms with Gasteiger partial charge in [0.2, 0.25) is 5.91 Å². The summed E-state index contributed by atoms with van der Waals surface area (Å²) in [5.41, 5.74) is 0.808. The van der Waals surface area contributed by atoms with E-state index in [0.717, 1.165) is 12.0 Å². The third-order valence-electron chi connectivity index (χ3n) is 2.33. The molecule has 0 N–H and O–H groups in total. The molecule has 1 aromatic rings. The molecule has 1 aromatic heterocycles. The molecule has 0 saturated heterocycles. The van der Waals surface area contributed by atoms with E-state index >= 15 is 0 Å². The number of aldehydes is 1. The second-order valence-corrected chi connectivity index (χ2v) is 3.57. The SMILES string of the molecule is CC(=O)N(C)[C@H](C=O)Cc1cn(C)cn1. The van der Waals surface area contributed by atoms with E-state index in [0.29, 0.717) is 6.42 Å². The molecule has 1 amide bonds. The maximum absolute atomic E-state index is 11.1. The molecular weight excluding hydrogens is 194 g/mol. The minimum absolute atomic E-state index is 0.122. The summed E-state index contributed by atoms with van der Waals surface area (Å²) in [5.74, 6) is -0.122. The highest BCUT2D eigenvalue weighted by atomic mass is 16.2. The molecule has 5 heteroatoms. The predicted molar refractivity (Wildman–Crippen MR) is 55.2 cm³/mol. The summed E-state index contributed by atoms with van der Waals surface area (Å²) in [5, 5.41) is 0. The van der Waals surface area contributed by atoms with Crippen LogP contribution in [0.15, 0.2) is 12.5 Å². The van der Waals surface area contributed by atoms with Gasteiger partial charge in [0.15, 0.2) is 0 Å². The van der Waals surface area contributed by atoms with Crippen LogP contribution >= 0.6 is 0 Å². The molecule has 0 spiro atoms. The minimum Gasteiger partial charge on any atom is -0.340 e. The maximum atomic E-state index is 11.1. The van der Waals surface area contributed by atoms with Crippen LogP contribution in [-0.2, 0) is 23.1 Å². The standard InChI is InChI=1S/C10H15N3O2/c1-8(15)13(3)10(6-14)4-9-5-12(2)7-11-9/h5-7,10H,4H2,1-3H3/t10-/m0/s1. The van der Waals surface area contributed by atoms with Crippen LogP contribution in [0.5, 0.6) is 0 Å². The molecule has 0 bridgehead atoms. The lowest BCUT2D eigenvalue weighted by Crippen LogP contribution is -2.38. The summed E-state index contributed by atoms with van der Waals surface area (Å²) < 4.78 is 1.81. The van der Waals surface area contributed by atoms with Gasteiger partial charge in [-0.2, -0.15) is 0 Å². The van der Waals surface area contributed by atoms with E-state index in [1.807, 2.05) is 17.8 Å². The van der Waals surface area contributed by atoms with Gasteiger partial charge in [-0.3, -0.25) is 4.79 Å². The lowest BCUT2D eigenvalue weighted by Gasteiger charge is -2.21. The van der Waals surface area contributed by atoms with Gasteiger partial charge < -0.3 is 14.3 Å². The van der Waals surface area contributed by atoms with Gasteiger partial charge >= 0.3 is 0 Å². The molecule has 0 unspecified atom stereocenters. The number of carbonyl (C=O) groups excluding carboxylic acids is 2. The summed E-state index contributed by atoms with van der Waals surface area (Å²) in [6.45, 7) is 1.44. The first kappa shape index (κ1) is 11.4. The Hall–Kier alpha value is -1.65. The van der Waals surface area contributed by atoms with Crippen molar-refractivity contribution >= 4 is 12.2 Å². The Bertz CT molecular complexity index is 359. The summed E-state index contributed by atoms with van der Waals surface area (Å²) in [6, 6.07) is -0.433. The van der Waals surface area contributed by atoms with Crippen molar-refractivity contribution in [2.45, 2.75) is 19.4 Å². The van der Waals surface area contributed by atoms with Gasteiger partial charge in [-0.05, 0) is 0 Å². The number of hydrogen-bond acceptors (Lipinski definition) is 3. The fourth-order valence-corrected chi connectivity index (χ4v) is 1.30. The average Bonchev–Trinajstić information content (AvgIpc) is 2.59. The highest BCUT2D eigenvalue weighted by molar-refractivity contribution is 5.77. The second kappa shape index (κ2) is 4.72. The van der Waals surface area contributed by atoms with Crippen molar-refractivity contribution in [3.05, 3.63) is 18.2 Å². The van der Waals surface area contributed by atoms with Crippen molar-refractivity contribution in [3.63, 3.8) is 0 Å². The number of carbonyl (C=O) groups is 2. The third-order valence-corrected chi connectivity index (χ3v) is 2.33. The largest absolute Gasteiger partial charge is 0.340 e. The van der Waals surface area contributed by atoms with Crippen LogP contribution in [0.2, 0.25) is 0 Å². The van der Waals surface area contributed by atoms with Gasteiger partial charge in [0.1, 0.15) is 6.29 Å². The highest BCUT2D eigenvalue weighted by Crippen LogP contribution is 2.04. The van der Waals surface area contributed by atoms with E-state index in [1.54, 1.807) is 13.4 Å². The maximum Gasteiger partial charge on any atom is 0.219 e. The van der Waals surface area contributed by atoms with Gasteiger partial charge in [-0.25, -0.2) is 4.98 Å². The number of likely N-dealkylation sites (N-methyl/N-ethyl adjacent to an activating group) is 1. The van der Waals surface area contributed by atoms with Crippen LogP contribution in [0.25, 0.3) is 0 Å². The van der Waals surface area contributed by atoms with Crippen LogP contribution in [0.1, 0.15) is 12.6 Å². The van der Waals surface area contributed by atoms with Crippen molar-refractivity contribution in [2.24, 2.45) is 7.05 Å². The summed E-state index contributed by atoms with van der Waals surface area (Å²) >= 11 is 0. The molecule has 0 fully saturated rings. The third kappa shape index (κ3) is 2.90. The molecule has 1 rings (SSSR count). The Morgan fingerprint density at radius 1 is 1.73 bits per heavy atom. The molecule has 1 atom stereocenters. The minimum atomic E-state index is -0.433. The van der Waals surface area contributed by atoms with E-state index in [4.69, 9.17) is 0 Å². The monoisotopic (exact) mass is 209 g/mol. The van der Waals surface area contributed by atoms with Crippen molar-refractivity contribution in [2.75, 3.05) is 7.05 Å². The second-order valence-electron chi connectivity index (χ2n) is 3.57. The number of amides is 1. The molecule has 0 aliphatic rings. The van der Waals surface area contributed by atoms with Gasteiger partial charge in [0.05, 0.1) is 18.1 Å². The van der Waals surface area contributed by atoms with E-state index in [1.165, 1.54) is 11.8 Å². The lowest BCUT2D eigenvalue weighted by molar-refractivity contribution is -0.132. The topological polar surface area (TPSA) is 55.2 Å². The number of imidazole rings is 1. The molecule has 0 radical (unpaired) electrons. The molecule has 1 heterocycles. The zero-order chi connectivity index (χ0) is 11.4. The normalized spacial score (nSPS) is 12.2. The van der Waals surface area contributed by atoms with Crippen molar-refractivity contribution in [3.8, 4) is 0 Å².